The van der Waals surface area contributed by atoms with Crippen molar-refractivity contribution in [2.75, 3.05) is 33.9 Å². The molecular formula is C23H28N2O4. The Balaban J connectivity index is 1.44. The van der Waals surface area contributed by atoms with Gasteiger partial charge in [0.05, 0.1) is 20.1 Å². The van der Waals surface area contributed by atoms with Crippen molar-refractivity contribution < 1.29 is 19.1 Å². The normalized spacial score (nSPS) is 16.0. The number of carbonyl (C=O) groups is 2. The Kier molecular flexibility index (Phi) is 7.11. The highest BCUT2D eigenvalue weighted by molar-refractivity contribution is 5.89. The summed E-state index contributed by atoms with van der Waals surface area (Å²) in [6, 6.07) is 15.6. The highest BCUT2D eigenvalue weighted by Gasteiger charge is 2.33. The summed E-state index contributed by atoms with van der Waals surface area (Å²) < 4.78 is 10.5. The minimum atomic E-state index is -0.280. The van der Waals surface area contributed by atoms with E-state index in [-0.39, 0.29) is 24.2 Å². The summed E-state index contributed by atoms with van der Waals surface area (Å²) in [7, 11) is 3.28. The lowest BCUT2D eigenvalue weighted by Gasteiger charge is -2.17. The number of carbonyl (C=O) groups excluding carboxylic acids is 2. The number of benzene rings is 2. The van der Waals surface area contributed by atoms with Crippen LogP contribution in [-0.4, -0.2) is 50.6 Å². The molecule has 0 radical (unpaired) electrons. The Labute approximate surface area is 171 Å². The van der Waals surface area contributed by atoms with Crippen molar-refractivity contribution in [3.8, 4) is 11.5 Å². The lowest BCUT2D eigenvalue weighted by Crippen LogP contribution is -2.34. The van der Waals surface area contributed by atoms with Crippen molar-refractivity contribution in [1.82, 2.24) is 10.2 Å². The minimum absolute atomic E-state index is 0.0424. The van der Waals surface area contributed by atoms with Gasteiger partial charge in [0.15, 0.2) is 0 Å². The summed E-state index contributed by atoms with van der Waals surface area (Å²) in [5.41, 5.74) is 2.22. The van der Waals surface area contributed by atoms with Gasteiger partial charge in [-0.1, -0.05) is 24.3 Å². The number of hydrogen-bond donors (Lipinski definition) is 1. The van der Waals surface area contributed by atoms with Gasteiger partial charge in [0.1, 0.15) is 11.5 Å². The van der Waals surface area contributed by atoms with Gasteiger partial charge in [0.2, 0.25) is 11.8 Å². The summed E-state index contributed by atoms with van der Waals surface area (Å²) in [6.45, 7) is 1.63. The SMILES string of the molecule is COc1cccc(CCNC(=O)C2CC(=O)N(CCc3cccc(OC)c3)C2)c1. The molecule has 2 aromatic carbocycles. The van der Waals surface area contributed by atoms with Crippen molar-refractivity contribution in [3.63, 3.8) is 0 Å². The third-order valence-electron chi connectivity index (χ3n) is 5.24. The van der Waals surface area contributed by atoms with Gasteiger partial charge in [-0.2, -0.15) is 0 Å². The standard InChI is InChI=1S/C23H28N2O4/c1-28-20-7-3-5-17(13-20)9-11-24-23(27)19-15-22(26)25(16-19)12-10-18-6-4-8-21(14-18)29-2/h3-8,13-14,19H,9-12,15-16H2,1-2H3,(H,24,27). The number of ether oxygens (including phenoxy) is 2. The van der Waals surface area contributed by atoms with Crippen LogP contribution < -0.4 is 14.8 Å². The fourth-order valence-electron chi connectivity index (χ4n) is 3.56. The molecule has 1 saturated heterocycles. The van der Waals surface area contributed by atoms with Crippen LogP contribution in [0, 0.1) is 5.92 Å². The average Bonchev–Trinajstić information content (AvgIpc) is 3.13. The first-order chi connectivity index (χ1) is 14.1. The van der Waals surface area contributed by atoms with E-state index in [4.69, 9.17) is 9.47 Å². The van der Waals surface area contributed by atoms with E-state index in [2.05, 4.69) is 5.32 Å². The Hall–Kier alpha value is -3.02. The molecule has 1 aliphatic heterocycles. The Morgan fingerprint density at radius 1 is 1.03 bits per heavy atom. The Morgan fingerprint density at radius 3 is 2.28 bits per heavy atom. The molecule has 1 unspecified atom stereocenters. The Morgan fingerprint density at radius 2 is 1.66 bits per heavy atom. The van der Waals surface area contributed by atoms with Gasteiger partial charge in [-0.25, -0.2) is 0 Å². The zero-order valence-electron chi connectivity index (χ0n) is 17.0. The van der Waals surface area contributed by atoms with E-state index in [1.165, 1.54) is 0 Å². The third-order valence-corrected chi connectivity index (χ3v) is 5.24. The lowest BCUT2D eigenvalue weighted by atomic mass is 10.1. The quantitative estimate of drug-likeness (QED) is 0.707. The molecule has 0 saturated carbocycles. The topological polar surface area (TPSA) is 67.9 Å². The van der Waals surface area contributed by atoms with E-state index in [1.54, 1.807) is 19.1 Å². The predicted octanol–water partition coefficient (Wildman–Crippen LogP) is 2.45. The van der Waals surface area contributed by atoms with Crippen LogP contribution in [-0.2, 0) is 22.4 Å². The molecule has 0 bridgehead atoms. The molecule has 1 heterocycles. The fraction of sp³-hybridized carbons (Fsp3) is 0.391. The molecule has 0 aliphatic carbocycles. The monoisotopic (exact) mass is 396 g/mol. The molecule has 3 rings (SSSR count). The van der Waals surface area contributed by atoms with Crippen LogP contribution in [0.5, 0.6) is 11.5 Å². The minimum Gasteiger partial charge on any atom is -0.497 e. The second-order valence-corrected chi connectivity index (χ2v) is 7.23. The third kappa shape index (κ3) is 5.73. The lowest BCUT2D eigenvalue weighted by molar-refractivity contribution is -0.129. The summed E-state index contributed by atoms with van der Waals surface area (Å²) in [4.78, 5) is 26.6. The van der Waals surface area contributed by atoms with Crippen molar-refractivity contribution >= 4 is 11.8 Å². The molecule has 6 nitrogen and oxygen atoms in total. The molecule has 1 aliphatic rings. The van der Waals surface area contributed by atoms with E-state index >= 15 is 0 Å². The van der Waals surface area contributed by atoms with Crippen LogP contribution in [0.1, 0.15) is 17.5 Å². The zero-order chi connectivity index (χ0) is 20.6. The molecule has 1 fully saturated rings. The number of rotatable bonds is 9. The largest absolute Gasteiger partial charge is 0.497 e. The molecule has 1 atom stereocenters. The fourth-order valence-corrected chi connectivity index (χ4v) is 3.56. The first kappa shape index (κ1) is 20.7. The summed E-state index contributed by atoms with van der Waals surface area (Å²) in [6.07, 6.45) is 1.75. The Bertz CT molecular complexity index is 852. The maximum Gasteiger partial charge on any atom is 0.225 e. The van der Waals surface area contributed by atoms with Crippen LogP contribution in [0.25, 0.3) is 0 Å². The van der Waals surface area contributed by atoms with Crippen LogP contribution in [0.3, 0.4) is 0 Å². The average molecular weight is 396 g/mol. The molecule has 6 heteroatoms. The first-order valence-electron chi connectivity index (χ1n) is 9.90. The number of nitrogens with zero attached hydrogens (tertiary/aromatic N) is 1. The van der Waals surface area contributed by atoms with Gasteiger partial charge < -0.3 is 19.7 Å². The van der Waals surface area contributed by atoms with Crippen LogP contribution >= 0.6 is 0 Å². The molecule has 1 N–H and O–H groups in total. The molecular weight excluding hydrogens is 368 g/mol. The second kappa shape index (κ2) is 9.96. The van der Waals surface area contributed by atoms with Gasteiger partial charge in [0, 0.05) is 26.1 Å². The van der Waals surface area contributed by atoms with Gasteiger partial charge in [-0.15, -0.1) is 0 Å². The maximum atomic E-state index is 12.5. The maximum absolute atomic E-state index is 12.5. The molecule has 0 spiro atoms. The van der Waals surface area contributed by atoms with E-state index in [9.17, 15) is 9.59 Å². The number of methoxy groups -OCH3 is 2. The highest BCUT2D eigenvalue weighted by atomic mass is 16.5. The smallest absolute Gasteiger partial charge is 0.225 e. The summed E-state index contributed by atoms with van der Waals surface area (Å²) in [5, 5.41) is 2.97. The molecule has 2 amide bonds. The van der Waals surface area contributed by atoms with Gasteiger partial charge in [-0.3, -0.25) is 9.59 Å². The summed E-state index contributed by atoms with van der Waals surface area (Å²) in [5.74, 6) is 1.33. The van der Waals surface area contributed by atoms with Gasteiger partial charge in [-0.05, 0) is 48.2 Å². The second-order valence-electron chi connectivity index (χ2n) is 7.23. The van der Waals surface area contributed by atoms with Crippen molar-refractivity contribution in [2.45, 2.75) is 19.3 Å². The van der Waals surface area contributed by atoms with E-state index < -0.39 is 0 Å². The van der Waals surface area contributed by atoms with Crippen molar-refractivity contribution in [3.05, 3.63) is 59.7 Å². The van der Waals surface area contributed by atoms with Gasteiger partial charge >= 0.3 is 0 Å². The predicted molar refractivity (Wildman–Crippen MR) is 111 cm³/mol. The number of hydrogen-bond acceptors (Lipinski definition) is 4. The first-order valence-corrected chi connectivity index (χ1v) is 9.90. The number of likely N-dealkylation sites (tertiary alicyclic amines) is 1. The number of nitrogens with one attached hydrogen (secondary N) is 1. The van der Waals surface area contributed by atoms with Crippen LogP contribution in [0.2, 0.25) is 0 Å². The van der Waals surface area contributed by atoms with E-state index in [0.29, 0.717) is 19.6 Å². The number of amides is 2. The van der Waals surface area contributed by atoms with Gasteiger partial charge in [0.25, 0.3) is 0 Å². The molecule has 2 aromatic rings. The van der Waals surface area contributed by atoms with Crippen LogP contribution in [0.4, 0.5) is 0 Å². The summed E-state index contributed by atoms with van der Waals surface area (Å²) >= 11 is 0. The van der Waals surface area contributed by atoms with Crippen LogP contribution in [0.15, 0.2) is 48.5 Å². The van der Waals surface area contributed by atoms with Crippen molar-refractivity contribution in [1.29, 1.82) is 0 Å². The molecule has 29 heavy (non-hydrogen) atoms. The van der Waals surface area contributed by atoms with E-state index in [0.717, 1.165) is 35.5 Å². The zero-order valence-corrected chi connectivity index (χ0v) is 17.0. The van der Waals surface area contributed by atoms with E-state index in [1.807, 2.05) is 48.5 Å². The molecule has 0 aromatic heterocycles. The molecule has 154 valence electrons. The highest BCUT2D eigenvalue weighted by Crippen LogP contribution is 2.20. The van der Waals surface area contributed by atoms with Crippen molar-refractivity contribution in [2.24, 2.45) is 5.92 Å².